The number of nitrogens with zero attached hydrogens (tertiary/aromatic N) is 1. The van der Waals surface area contributed by atoms with Crippen LogP contribution in [-0.4, -0.2) is 4.98 Å². The van der Waals surface area contributed by atoms with Crippen molar-refractivity contribution in [1.29, 1.82) is 0 Å². The number of aromatic nitrogens is 1. The first-order valence-electron chi connectivity index (χ1n) is 3.68. The number of benzene rings is 1. The molecule has 0 aliphatic heterocycles. The van der Waals surface area contributed by atoms with Crippen LogP contribution in [-0.2, 0) is 0 Å². The first-order valence-corrected chi connectivity index (χ1v) is 3.68. The molecule has 1 heterocycles. The van der Waals surface area contributed by atoms with Crippen LogP contribution in [0.5, 0.6) is 0 Å². The topological polar surface area (TPSA) is 47.9 Å². The van der Waals surface area contributed by atoms with Crippen molar-refractivity contribution in [3.8, 4) is 0 Å². The average molecular weight is 160 g/mol. The van der Waals surface area contributed by atoms with Crippen molar-refractivity contribution >= 4 is 10.9 Å². The monoisotopic (exact) mass is 160 g/mol. The van der Waals surface area contributed by atoms with E-state index in [0.717, 1.165) is 5.52 Å². The molecule has 2 nitrogen and oxygen atoms in total. The van der Waals surface area contributed by atoms with Crippen LogP contribution < -0.4 is 6.15 Å². The lowest BCUT2D eigenvalue weighted by molar-refractivity contribution is 1.33. The summed E-state index contributed by atoms with van der Waals surface area (Å²) < 4.78 is 0. The molecule has 62 valence electrons. The van der Waals surface area contributed by atoms with Crippen LogP contribution >= 0.6 is 0 Å². The van der Waals surface area contributed by atoms with E-state index in [4.69, 9.17) is 0 Å². The van der Waals surface area contributed by atoms with Gasteiger partial charge in [0.05, 0.1) is 5.52 Å². The fraction of sp³-hybridized carbons (Fsp3) is 0.100. The molecule has 0 radical (unpaired) electrons. The zero-order chi connectivity index (χ0) is 7.68. The molecule has 3 N–H and O–H groups in total. The lowest BCUT2D eigenvalue weighted by Crippen LogP contribution is -1.78. The molecular formula is C10H12N2. The Labute approximate surface area is 71.8 Å². The van der Waals surface area contributed by atoms with Gasteiger partial charge in [-0.2, -0.15) is 0 Å². The van der Waals surface area contributed by atoms with Gasteiger partial charge < -0.3 is 6.15 Å². The second-order valence-electron chi connectivity index (χ2n) is 2.71. The number of pyridine rings is 1. The zero-order valence-corrected chi connectivity index (χ0v) is 7.12. The van der Waals surface area contributed by atoms with Crippen molar-refractivity contribution in [2.75, 3.05) is 0 Å². The van der Waals surface area contributed by atoms with Gasteiger partial charge in [-0.25, -0.2) is 0 Å². The summed E-state index contributed by atoms with van der Waals surface area (Å²) in [7, 11) is 0. The molecule has 12 heavy (non-hydrogen) atoms. The summed E-state index contributed by atoms with van der Waals surface area (Å²) in [5, 5.41) is 1.22. The minimum Gasteiger partial charge on any atom is -0.344 e. The standard InChI is InChI=1S/C10H9N.H3N/c1-8-6-9-4-2-3-5-10(9)11-7-8;/h2-7H,1H3;1H3. The molecule has 2 rings (SSSR count). The molecule has 2 heteroatoms. The number of rotatable bonds is 0. The summed E-state index contributed by atoms with van der Waals surface area (Å²) in [5.41, 5.74) is 2.28. The Morgan fingerprint density at radius 2 is 1.92 bits per heavy atom. The third-order valence-electron chi connectivity index (χ3n) is 1.73. The highest BCUT2D eigenvalue weighted by molar-refractivity contribution is 5.78. The van der Waals surface area contributed by atoms with E-state index in [9.17, 15) is 0 Å². The number of aryl methyl sites for hydroxylation is 1. The van der Waals surface area contributed by atoms with Crippen LogP contribution in [0.1, 0.15) is 5.56 Å². The van der Waals surface area contributed by atoms with Gasteiger partial charge in [-0.05, 0) is 24.6 Å². The normalized spacial score (nSPS) is 9.42. The van der Waals surface area contributed by atoms with E-state index < -0.39 is 0 Å². The molecule has 0 unspecified atom stereocenters. The molecule has 1 aromatic heterocycles. The second kappa shape index (κ2) is 3.32. The van der Waals surface area contributed by atoms with E-state index in [1.165, 1.54) is 10.9 Å². The summed E-state index contributed by atoms with van der Waals surface area (Å²) in [6.45, 7) is 2.06. The van der Waals surface area contributed by atoms with Crippen LogP contribution in [0, 0.1) is 6.92 Å². The van der Waals surface area contributed by atoms with Crippen LogP contribution in [0.2, 0.25) is 0 Å². The maximum atomic E-state index is 4.28. The van der Waals surface area contributed by atoms with Crippen molar-refractivity contribution < 1.29 is 0 Å². The van der Waals surface area contributed by atoms with Crippen LogP contribution in [0.3, 0.4) is 0 Å². The molecule has 0 spiro atoms. The van der Waals surface area contributed by atoms with Crippen LogP contribution in [0.4, 0.5) is 0 Å². The Balaban J connectivity index is 0.000000720. The molecule has 0 aliphatic rings. The van der Waals surface area contributed by atoms with Gasteiger partial charge in [-0.15, -0.1) is 0 Å². The maximum Gasteiger partial charge on any atom is 0.0702 e. The highest BCUT2D eigenvalue weighted by Crippen LogP contribution is 2.11. The van der Waals surface area contributed by atoms with Crippen molar-refractivity contribution in [3.05, 3.63) is 42.1 Å². The highest BCUT2D eigenvalue weighted by Gasteiger charge is 1.90. The third kappa shape index (κ3) is 1.43. The average Bonchev–Trinajstić information content (AvgIpc) is 2.04. The highest BCUT2D eigenvalue weighted by atomic mass is 14.6. The number of fused-ring (bicyclic) bond motifs is 1. The third-order valence-corrected chi connectivity index (χ3v) is 1.73. The molecule has 0 saturated carbocycles. The SMILES string of the molecule is Cc1cnc2ccccc2c1.N. The minimum absolute atomic E-state index is 0. The molecule has 0 bridgehead atoms. The number of para-hydroxylation sites is 1. The Bertz CT molecular complexity index is 382. The van der Waals surface area contributed by atoms with Gasteiger partial charge in [0, 0.05) is 11.6 Å². The van der Waals surface area contributed by atoms with Gasteiger partial charge in [0.25, 0.3) is 0 Å². The molecular weight excluding hydrogens is 148 g/mol. The van der Waals surface area contributed by atoms with E-state index in [-0.39, 0.29) is 6.15 Å². The Morgan fingerprint density at radius 1 is 1.17 bits per heavy atom. The van der Waals surface area contributed by atoms with E-state index >= 15 is 0 Å². The lowest BCUT2D eigenvalue weighted by atomic mass is 10.2. The van der Waals surface area contributed by atoms with Gasteiger partial charge >= 0.3 is 0 Å². The van der Waals surface area contributed by atoms with Gasteiger partial charge in [0.1, 0.15) is 0 Å². The molecule has 0 amide bonds. The Hall–Kier alpha value is -1.41. The summed E-state index contributed by atoms with van der Waals surface area (Å²) in [6.07, 6.45) is 1.89. The quantitative estimate of drug-likeness (QED) is 0.644. The zero-order valence-electron chi connectivity index (χ0n) is 7.12. The van der Waals surface area contributed by atoms with E-state index in [2.05, 4.69) is 24.0 Å². The second-order valence-corrected chi connectivity index (χ2v) is 2.71. The lowest BCUT2D eigenvalue weighted by Gasteiger charge is -1.95. The summed E-state index contributed by atoms with van der Waals surface area (Å²) in [4.78, 5) is 4.28. The Kier molecular flexibility index (Phi) is 2.41. The van der Waals surface area contributed by atoms with Crippen LogP contribution in [0.25, 0.3) is 10.9 Å². The van der Waals surface area contributed by atoms with E-state index in [0.29, 0.717) is 0 Å². The predicted molar refractivity (Wildman–Crippen MR) is 51.5 cm³/mol. The minimum atomic E-state index is 0. The smallest absolute Gasteiger partial charge is 0.0702 e. The van der Waals surface area contributed by atoms with E-state index in [1.54, 1.807) is 0 Å². The predicted octanol–water partition coefficient (Wildman–Crippen LogP) is 2.71. The van der Waals surface area contributed by atoms with Crippen molar-refractivity contribution in [1.82, 2.24) is 11.1 Å². The number of hydrogen-bond donors (Lipinski definition) is 1. The molecule has 1 aromatic carbocycles. The fourth-order valence-electron chi connectivity index (χ4n) is 1.18. The van der Waals surface area contributed by atoms with Gasteiger partial charge in [0.15, 0.2) is 0 Å². The van der Waals surface area contributed by atoms with Crippen LogP contribution in [0.15, 0.2) is 36.5 Å². The van der Waals surface area contributed by atoms with Gasteiger partial charge in [0.2, 0.25) is 0 Å². The first-order chi connectivity index (χ1) is 5.36. The van der Waals surface area contributed by atoms with Crippen molar-refractivity contribution in [2.45, 2.75) is 6.92 Å². The molecule has 0 aliphatic carbocycles. The summed E-state index contributed by atoms with van der Waals surface area (Å²) in [5.74, 6) is 0. The van der Waals surface area contributed by atoms with Gasteiger partial charge in [-0.1, -0.05) is 18.2 Å². The first kappa shape index (κ1) is 8.68. The largest absolute Gasteiger partial charge is 0.344 e. The fourth-order valence-corrected chi connectivity index (χ4v) is 1.18. The summed E-state index contributed by atoms with van der Waals surface area (Å²) >= 11 is 0. The molecule has 2 aromatic rings. The molecule has 0 saturated heterocycles. The Morgan fingerprint density at radius 3 is 2.75 bits per heavy atom. The molecule has 0 atom stereocenters. The van der Waals surface area contributed by atoms with Crippen molar-refractivity contribution in [2.24, 2.45) is 0 Å². The van der Waals surface area contributed by atoms with Crippen molar-refractivity contribution in [3.63, 3.8) is 0 Å². The van der Waals surface area contributed by atoms with Gasteiger partial charge in [-0.3, -0.25) is 4.98 Å². The number of hydrogen-bond acceptors (Lipinski definition) is 2. The maximum absolute atomic E-state index is 4.28. The molecule has 0 fully saturated rings. The summed E-state index contributed by atoms with van der Waals surface area (Å²) in [6, 6.07) is 10.3. The van der Waals surface area contributed by atoms with E-state index in [1.807, 2.05) is 24.4 Å².